The summed E-state index contributed by atoms with van der Waals surface area (Å²) in [5.41, 5.74) is 3.34. The van der Waals surface area contributed by atoms with Gasteiger partial charge in [-0.1, -0.05) is 29.3 Å². The number of hydrogen-bond acceptors (Lipinski definition) is 2. The van der Waals surface area contributed by atoms with E-state index in [2.05, 4.69) is 13.0 Å². The third-order valence-electron chi connectivity index (χ3n) is 4.38. The van der Waals surface area contributed by atoms with Gasteiger partial charge in [0.25, 0.3) is 5.91 Å². The number of fused-ring (bicyclic) bond motifs is 2. The Bertz CT molecular complexity index is 965. The summed E-state index contributed by atoms with van der Waals surface area (Å²) in [6, 6.07) is 10.6. The van der Waals surface area contributed by atoms with Crippen molar-refractivity contribution in [1.82, 2.24) is 0 Å². The van der Waals surface area contributed by atoms with Crippen molar-refractivity contribution in [2.75, 3.05) is 11.4 Å². The van der Waals surface area contributed by atoms with Gasteiger partial charge in [0.2, 0.25) is 0 Å². The number of halogens is 2. The van der Waals surface area contributed by atoms with Gasteiger partial charge in [-0.05, 0) is 49.6 Å². The molecule has 122 valence electrons. The molecule has 0 fully saturated rings. The molecule has 0 bridgehead atoms. The van der Waals surface area contributed by atoms with E-state index in [-0.39, 0.29) is 11.7 Å². The second kappa shape index (κ2) is 5.87. The average Bonchev–Trinajstić information content (AvgIpc) is 2.90. The Labute approximate surface area is 148 Å². The Kier molecular flexibility index (Phi) is 3.82. The predicted octanol–water partition coefficient (Wildman–Crippen LogP) is 5.60. The molecule has 1 amide bonds. The highest BCUT2D eigenvalue weighted by atomic mass is 35.5. The van der Waals surface area contributed by atoms with Crippen molar-refractivity contribution in [3.8, 4) is 0 Å². The number of carbonyl (C=O) groups excluding carboxylic acids is 1. The summed E-state index contributed by atoms with van der Waals surface area (Å²) in [4.78, 5) is 15.4. The van der Waals surface area contributed by atoms with E-state index in [1.54, 1.807) is 11.0 Å². The highest BCUT2D eigenvalue weighted by Gasteiger charge is 2.27. The zero-order valence-electron chi connectivity index (χ0n) is 13.1. The maximum absolute atomic E-state index is 13.5. The van der Waals surface area contributed by atoms with Gasteiger partial charge in [-0.25, -0.2) is 4.39 Å². The molecule has 4 rings (SSSR count). The third kappa shape index (κ3) is 2.50. The van der Waals surface area contributed by atoms with Crippen LogP contribution >= 0.6 is 22.9 Å². The normalized spacial score (nSPS) is 14.0. The first kappa shape index (κ1) is 15.6. The summed E-state index contributed by atoms with van der Waals surface area (Å²) in [5.74, 6) is -0.452. The van der Waals surface area contributed by atoms with Gasteiger partial charge >= 0.3 is 0 Å². The number of amides is 1. The van der Waals surface area contributed by atoms with E-state index in [0.717, 1.165) is 23.2 Å². The number of thiophene rings is 1. The Morgan fingerprint density at radius 1 is 1.25 bits per heavy atom. The predicted molar refractivity (Wildman–Crippen MR) is 98.0 cm³/mol. The molecule has 1 aliphatic heterocycles. The van der Waals surface area contributed by atoms with Crippen LogP contribution in [0.5, 0.6) is 0 Å². The van der Waals surface area contributed by atoms with Crippen LogP contribution in [0, 0.1) is 12.7 Å². The van der Waals surface area contributed by atoms with Crippen molar-refractivity contribution in [1.29, 1.82) is 0 Å². The molecule has 1 aromatic heterocycles. The maximum atomic E-state index is 13.5. The molecule has 0 N–H and O–H groups in total. The molecular formula is C19H15ClFNOS. The van der Waals surface area contributed by atoms with E-state index in [0.29, 0.717) is 21.8 Å². The van der Waals surface area contributed by atoms with Crippen molar-refractivity contribution in [3.63, 3.8) is 0 Å². The zero-order valence-corrected chi connectivity index (χ0v) is 14.7. The van der Waals surface area contributed by atoms with Gasteiger partial charge in [0.15, 0.2) is 0 Å². The fraction of sp³-hybridized carbons (Fsp3) is 0.211. The van der Waals surface area contributed by atoms with Gasteiger partial charge in [-0.3, -0.25) is 4.79 Å². The van der Waals surface area contributed by atoms with Crippen LogP contribution in [0.4, 0.5) is 10.1 Å². The van der Waals surface area contributed by atoms with Gasteiger partial charge in [-0.2, -0.15) is 0 Å². The molecular weight excluding hydrogens is 345 g/mol. The molecule has 2 heterocycles. The Morgan fingerprint density at radius 2 is 2.08 bits per heavy atom. The van der Waals surface area contributed by atoms with E-state index in [1.807, 2.05) is 12.1 Å². The molecule has 3 aromatic rings. The van der Waals surface area contributed by atoms with E-state index in [1.165, 1.54) is 34.6 Å². The first-order valence-corrected chi connectivity index (χ1v) is 9.03. The maximum Gasteiger partial charge on any atom is 0.269 e. The lowest BCUT2D eigenvalue weighted by Crippen LogP contribution is -2.35. The standard InChI is InChI=1S/C19H15ClFNOS/c1-11-4-6-15-12(9-11)3-2-8-22(15)19(23)18-17(20)14-10-13(21)5-7-16(14)24-18/h4-7,9-10H,2-3,8H2,1H3. The Balaban J connectivity index is 1.79. The minimum absolute atomic E-state index is 0.105. The Morgan fingerprint density at radius 3 is 2.92 bits per heavy atom. The van der Waals surface area contributed by atoms with Gasteiger partial charge in [0.05, 0.1) is 5.02 Å². The highest BCUT2D eigenvalue weighted by molar-refractivity contribution is 7.21. The second-order valence-corrected chi connectivity index (χ2v) is 7.51. The quantitative estimate of drug-likeness (QED) is 0.554. The topological polar surface area (TPSA) is 20.3 Å². The molecule has 0 radical (unpaired) electrons. The van der Waals surface area contributed by atoms with Crippen molar-refractivity contribution in [2.24, 2.45) is 0 Å². The number of nitrogens with zero attached hydrogens (tertiary/aromatic N) is 1. The lowest BCUT2D eigenvalue weighted by Gasteiger charge is -2.29. The first-order valence-electron chi connectivity index (χ1n) is 7.83. The van der Waals surface area contributed by atoms with Gasteiger partial charge in [-0.15, -0.1) is 11.3 Å². The highest BCUT2D eigenvalue weighted by Crippen LogP contribution is 2.38. The SMILES string of the molecule is Cc1ccc2c(c1)CCCN2C(=O)c1sc2ccc(F)cc2c1Cl. The summed E-state index contributed by atoms with van der Waals surface area (Å²) in [5, 5.41) is 0.949. The van der Waals surface area contributed by atoms with Crippen LogP contribution in [-0.4, -0.2) is 12.5 Å². The van der Waals surface area contributed by atoms with E-state index < -0.39 is 0 Å². The molecule has 0 unspecified atom stereocenters. The lowest BCUT2D eigenvalue weighted by molar-refractivity contribution is 0.0989. The summed E-state index contributed by atoms with van der Waals surface area (Å²) in [7, 11) is 0. The summed E-state index contributed by atoms with van der Waals surface area (Å²) < 4.78 is 14.3. The van der Waals surface area contributed by atoms with Crippen molar-refractivity contribution < 1.29 is 9.18 Å². The third-order valence-corrected chi connectivity index (χ3v) is 6.05. The summed E-state index contributed by atoms with van der Waals surface area (Å²) in [6.07, 6.45) is 1.91. The van der Waals surface area contributed by atoms with Crippen LogP contribution in [-0.2, 0) is 6.42 Å². The summed E-state index contributed by atoms with van der Waals surface area (Å²) >= 11 is 7.71. The molecule has 5 heteroatoms. The van der Waals surface area contributed by atoms with Crippen molar-refractivity contribution >= 4 is 44.6 Å². The van der Waals surface area contributed by atoms with Crippen LogP contribution in [0.2, 0.25) is 5.02 Å². The number of carbonyl (C=O) groups is 1. The van der Waals surface area contributed by atoms with E-state index in [9.17, 15) is 9.18 Å². The smallest absolute Gasteiger partial charge is 0.269 e. The molecule has 24 heavy (non-hydrogen) atoms. The monoisotopic (exact) mass is 359 g/mol. The minimum atomic E-state index is -0.347. The number of hydrogen-bond donors (Lipinski definition) is 0. The van der Waals surface area contributed by atoms with Crippen LogP contribution < -0.4 is 4.90 Å². The Hall–Kier alpha value is -1.91. The minimum Gasteiger partial charge on any atom is -0.307 e. The van der Waals surface area contributed by atoms with Gasteiger partial charge < -0.3 is 4.90 Å². The first-order chi connectivity index (χ1) is 11.5. The van der Waals surface area contributed by atoms with Gasteiger partial charge in [0, 0.05) is 22.3 Å². The molecule has 2 aromatic carbocycles. The van der Waals surface area contributed by atoms with Crippen molar-refractivity contribution in [3.05, 3.63) is 63.2 Å². The number of rotatable bonds is 1. The zero-order chi connectivity index (χ0) is 16.8. The summed E-state index contributed by atoms with van der Waals surface area (Å²) in [6.45, 7) is 2.73. The number of benzene rings is 2. The van der Waals surface area contributed by atoms with Crippen LogP contribution in [0.3, 0.4) is 0 Å². The molecule has 0 aliphatic carbocycles. The van der Waals surface area contributed by atoms with Crippen molar-refractivity contribution in [2.45, 2.75) is 19.8 Å². The molecule has 1 aliphatic rings. The largest absolute Gasteiger partial charge is 0.307 e. The number of aryl methyl sites for hydroxylation is 2. The van der Waals surface area contributed by atoms with Crippen LogP contribution in [0.1, 0.15) is 27.2 Å². The van der Waals surface area contributed by atoms with E-state index in [4.69, 9.17) is 11.6 Å². The fourth-order valence-electron chi connectivity index (χ4n) is 3.24. The molecule has 0 spiro atoms. The van der Waals surface area contributed by atoms with Gasteiger partial charge in [0.1, 0.15) is 10.7 Å². The molecule has 2 nitrogen and oxygen atoms in total. The second-order valence-electron chi connectivity index (χ2n) is 6.08. The molecule has 0 atom stereocenters. The number of anilines is 1. The van der Waals surface area contributed by atoms with E-state index >= 15 is 0 Å². The molecule has 0 saturated carbocycles. The van der Waals surface area contributed by atoms with Crippen LogP contribution in [0.15, 0.2) is 36.4 Å². The lowest BCUT2D eigenvalue weighted by atomic mass is 9.99. The average molecular weight is 360 g/mol. The molecule has 0 saturated heterocycles. The van der Waals surface area contributed by atoms with Crippen LogP contribution in [0.25, 0.3) is 10.1 Å². The fourth-order valence-corrected chi connectivity index (χ4v) is 4.67.